The van der Waals surface area contributed by atoms with Crippen LogP contribution in [0.2, 0.25) is 6.04 Å². The number of hydrogen-bond acceptors (Lipinski definition) is 2. The lowest BCUT2D eigenvalue weighted by atomic mass is 10.4. The van der Waals surface area contributed by atoms with E-state index >= 15 is 0 Å². The lowest BCUT2D eigenvalue weighted by Gasteiger charge is -2.33. The molecule has 4 heteroatoms. The highest BCUT2D eigenvalue weighted by atomic mass is 79.9. The second-order valence-electron chi connectivity index (χ2n) is 4.23. The van der Waals surface area contributed by atoms with Crippen molar-refractivity contribution < 1.29 is 8.85 Å². The summed E-state index contributed by atoms with van der Waals surface area (Å²) in [7, 11) is -2.02. The smallest absolute Gasteiger partial charge is 0.351 e. The van der Waals surface area contributed by atoms with Crippen LogP contribution in [0.3, 0.4) is 0 Å². The summed E-state index contributed by atoms with van der Waals surface area (Å²) in [6.45, 7) is 10.4. The molecule has 98 valence electrons. The predicted molar refractivity (Wildman–Crippen MR) is 76.3 cm³/mol. The van der Waals surface area contributed by atoms with Gasteiger partial charge in [0, 0.05) is 13.2 Å². The minimum Gasteiger partial charge on any atom is -0.394 e. The molecular weight excluding hydrogens is 284 g/mol. The van der Waals surface area contributed by atoms with Crippen LogP contribution in [0.5, 0.6) is 0 Å². The van der Waals surface area contributed by atoms with Crippen molar-refractivity contribution in [2.24, 2.45) is 0 Å². The first-order chi connectivity index (χ1) is 7.63. The number of unbranched alkanes of at least 4 members (excludes halogenated alkanes) is 1. The van der Waals surface area contributed by atoms with E-state index in [2.05, 4.69) is 43.6 Å². The Labute approximate surface area is 110 Å². The summed E-state index contributed by atoms with van der Waals surface area (Å²) in [5.74, 6) is 0. The van der Waals surface area contributed by atoms with Gasteiger partial charge in [-0.15, -0.1) is 0 Å². The zero-order valence-electron chi connectivity index (χ0n) is 11.2. The highest BCUT2D eigenvalue weighted by Gasteiger charge is 2.41. The maximum atomic E-state index is 6.11. The number of rotatable bonds is 10. The topological polar surface area (TPSA) is 18.5 Å². The molecule has 0 fully saturated rings. The molecule has 0 aromatic heterocycles. The van der Waals surface area contributed by atoms with Gasteiger partial charge in [-0.3, -0.25) is 0 Å². The normalized spacial score (nSPS) is 14.1. The third-order valence-corrected chi connectivity index (χ3v) is 8.33. The standard InChI is InChI=1S/C12H27BrO2Si/c1-5-8-11-16(12(4)13,14-9-6-2)15-10-7-3/h12H,5-11H2,1-4H3. The largest absolute Gasteiger partial charge is 0.394 e. The van der Waals surface area contributed by atoms with Gasteiger partial charge in [0.2, 0.25) is 0 Å². The predicted octanol–water partition coefficient (Wildman–Crippen LogP) is 4.40. The Bertz CT molecular complexity index is 143. The minimum absolute atomic E-state index is 0.365. The molecule has 0 bridgehead atoms. The van der Waals surface area contributed by atoms with Crippen molar-refractivity contribution >= 4 is 24.5 Å². The second-order valence-corrected chi connectivity index (χ2v) is 10.0. The first kappa shape index (κ1) is 16.6. The summed E-state index contributed by atoms with van der Waals surface area (Å²) in [6.07, 6.45) is 4.54. The molecule has 0 saturated carbocycles. The summed E-state index contributed by atoms with van der Waals surface area (Å²) < 4.78 is 12.6. The Morgan fingerprint density at radius 2 is 1.50 bits per heavy atom. The van der Waals surface area contributed by atoms with Gasteiger partial charge >= 0.3 is 8.56 Å². The van der Waals surface area contributed by atoms with Gasteiger partial charge in [0.15, 0.2) is 0 Å². The van der Waals surface area contributed by atoms with Crippen LogP contribution in [0.4, 0.5) is 0 Å². The highest BCUT2D eigenvalue weighted by molar-refractivity contribution is 9.10. The fourth-order valence-corrected chi connectivity index (χ4v) is 6.24. The van der Waals surface area contributed by atoms with Crippen LogP contribution in [-0.4, -0.2) is 26.2 Å². The Hall–Kier alpha value is 0.617. The molecule has 0 spiro atoms. The molecule has 1 unspecified atom stereocenters. The summed E-state index contributed by atoms with van der Waals surface area (Å²) in [5.41, 5.74) is 0. The SMILES string of the molecule is CCCC[Si](OCCC)(OCCC)C(C)Br. The third kappa shape index (κ3) is 5.80. The number of hydrogen-bond donors (Lipinski definition) is 0. The van der Waals surface area contributed by atoms with Crippen molar-refractivity contribution in [3.8, 4) is 0 Å². The van der Waals surface area contributed by atoms with E-state index in [0.29, 0.717) is 4.45 Å². The molecule has 0 aliphatic carbocycles. The van der Waals surface area contributed by atoms with Crippen LogP contribution in [0.1, 0.15) is 53.4 Å². The van der Waals surface area contributed by atoms with Gasteiger partial charge in [-0.1, -0.05) is 56.5 Å². The molecule has 0 saturated heterocycles. The summed E-state index contributed by atoms with van der Waals surface area (Å²) >= 11 is 3.70. The molecule has 0 radical (unpaired) electrons. The van der Waals surface area contributed by atoms with E-state index in [1.165, 1.54) is 12.8 Å². The molecule has 0 aliphatic rings. The van der Waals surface area contributed by atoms with Crippen LogP contribution < -0.4 is 0 Å². The molecule has 0 aromatic carbocycles. The quantitative estimate of drug-likeness (QED) is 0.440. The van der Waals surface area contributed by atoms with E-state index in [-0.39, 0.29) is 0 Å². The summed E-state index contributed by atoms with van der Waals surface area (Å²) in [5, 5.41) is 0. The third-order valence-electron chi connectivity index (χ3n) is 2.59. The van der Waals surface area contributed by atoms with Gasteiger partial charge in [-0.05, 0) is 18.9 Å². The lowest BCUT2D eigenvalue weighted by Crippen LogP contribution is -2.50. The van der Waals surface area contributed by atoms with E-state index < -0.39 is 8.56 Å². The zero-order valence-corrected chi connectivity index (χ0v) is 13.8. The van der Waals surface area contributed by atoms with Crippen molar-refractivity contribution in [1.29, 1.82) is 0 Å². The molecule has 1 atom stereocenters. The van der Waals surface area contributed by atoms with Gasteiger partial charge in [0.25, 0.3) is 0 Å². The Morgan fingerprint density at radius 3 is 1.81 bits per heavy atom. The summed E-state index contributed by atoms with van der Waals surface area (Å²) in [6, 6.07) is 1.11. The monoisotopic (exact) mass is 310 g/mol. The fourth-order valence-electron chi connectivity index (χ4n) is 1.59. The van der Waals surface area contributed by atoms with Crippen LogP contribution in [0, 0.1) is 0 Å². The Kier molecular flexibility index (Phi) is 10.00. The van der Waals surface area contributed by atoms with Crippen molar-refractivity contribution in [1.82, 2.24) is 0 Å². The Balaban J connectivity index is 4.46. The van der Waals surface area contributed by atoms with Gasteiger partial charge < -0.3 is 8.85 Å². The molecule has 0 amide bonds. The zero-order chi connectivity index (χ0) is 12.4. The van der Waals surface area contributed by atoms with Crippen LogP contribution in [-0.2, 0) is 8.85 Å². The molecule has 0 heterocycles. The lowest BCUT2D eigenvalue weighted by molar-refractivity contribution is 0.166. The molecular formula is C12H27BrO2Si. The van der Waals surface area contributed by atoms with E-state index in [0.717, 1.165) is 32.1 Å². The average molecular weight is 311 g/mol. The van der Waals surface area contributed by atoms with Gasteiger partial charge in [0.1, 0.15) is 0 Å². The molecule has 0 aliphatic heterocycles. The molecule has 0 aromatic rings. The number of alkyl halides is 1. The molecule has 0 N–H and O–H groups in total. The fraction of sp³-hybridized carbons (Fsp3) is 1.00. The van der Waals surface area contributed by atoms with E-state index in [1.54, 1.807) is 0 Å². The van der Waals surface area contributed by atoms with Gasteiger partial charge in [-0.2, -0.15) is 0 Å². The van der Waals surface area contributed by atoms with Crippen molar-refractivity contribution in [2.45, 2.75) is 63.9 Å². The first-order valence-corrected chi connectivity index (χ1v) is 9.56. The van der Waals surface area contributed by atoms with Crippen molar-refractivity contribution in [3.05, 3.63) is 0 Å². The minimum atomic E-state index is -2.02. The van der Waals surface area contributed by atoms with Gasteiger partial charge in [0.05, 0.1) is 4.45 Å². The maximum Gasteiger partial charge on any atom is 0.351 e. The van der Waals surface area contributed by atoms with E-state index in [4.69, 9.17) is 8.85 Å². The van der Waals surface area contributed by atoms with Crippen molar-refractivity contribution in [2.75, 3.05) is 13.2 Å². The van der Waals surface area contributed by atoms with E-state index in [9.17, 15) is 0 Å². The molecule has 2 nitrogen and oxygen atoms in total. The molecule has 16 heavy (non-hydrogen) atoms. The van der Waals surface area contributed by atoms with Crippen LogP contribution in [0.15, 0.2) is 0 Å². The summed E-state index contributed by atoms with van der Waals surface area (Å²) in [4.78, 5) is 0. The second kappa shape index (κ2) is 9.63. The average Bonchev–Trinajstić information content (AvgIpc) is 2.28. The van der Waals surface area contributed by atoms with Crippen LogP contribution in [0.25, 0.3) is 0 Å². The molecule has 0 rings (SSSR count). The van der Waals surface area contributed by atoms with Crippen LogP contribution >= 0.6 is 15.9 Å². The van der Waals surface area contributed by atoms with E-state index in [1.807, 2.05) is 0 Å². The van der Waals surface area contributed by atoms with Crippen molar-refractivity contribution in [3.63, 3.8) is 0 Å². The van der Waals surface area contributed by atoms with Gasteiger partial charge in [-0.25, -0.2) is 0 Å². The highest BCUT2D eigenvalue weighted by Crippen LogP contribution is 2.26. The number of halogens is 1. The first-order valence-electron chi connectivity index (χ1n) is 6.54. The Morgan fingerprint density at radius 1 is 1.00 bits per heavy atom. The maximum absolute atomic E-state index is 6.11.